The molecule has 1 heterocycles. The quantitative estimate of drug-likeness (QED) is 0.681. The number of hydrogen-bond acceptors (Lipinski definition) is 3. The molecule has 0 saturated heterocycles. The molecule has 0 aromatic carbocycles. The Hall–Kier alpha value is -0.800. The maximum atomic E-state index is 5.36. The molecule has 0 fully saturated rings. The zero-order valence-corrected chi connectivity index (χ0v) is 8.95. The zero-order valence-electron chi connectivity index (χ0n) is 8.95. The summed E-state index contributed by atoms with van der Waals surface area (Å²) in [4.78, 5) is 0. The van der Waals surface area contributed by atoms with Crippen LogP contribution in [0.1, 0.15) is 32.1 Å². The largest absolute Gasteiger partial charge is 0.468 e. The molecule has 0 saturated carbocycles. The van der Waals surface area contributed by atoms with Crippen LogP contribution in [0.3, 0.4) is 0 Å². The van der Waals surface area contributed by atoms with E-state index in [4.69, 9.17) is 9.15 Å². The van der Waals surface area contributed by atoms with Crippen molar-refractivity contribution in [1.29, 1.82) is 0 Å². The first-order valence-corrected chi connectivity index (χ1v) is 5.19. The smallest absolute Gasteiger partial charge is 0.120 e. The lowest BCUT2D eigenvalue weighted by molar-refractivity contribution is 0.134. The van der Waals surface area contributed by atoms with Gasteiger partial charge in [0.2, 0.25) is 0 Å². The number of ether oxygens (including phenoxy) is 1. The van der Waals surface area contributed by atoms with Crippen molar-refractivity contribution in [1.82, 2.24) is 5.32 Å². The Morgan fingerprint density at radius 1 is 1.50 bits per heavy atom. The summed E-state index contributed by atoms with van der Waals surface area (Å²) in [6.45, 7) is 6.66. The Balaban J connectivity index is 2.07. The average Bonchev–Trinajstić information content (AvgIpc) is 2.70. The topological polar surface area (TPSA) is 34.4 Å². The fourth-order valence-electron chi connectivity index (χ4n) is 1.23. The van der Waals surface area contributed by atoms with Gasteiger partial charge in [0.05, 0.1) is 18.9 Å². The minimum Gasteiger partial charge on any atom is -0.468 e. The van der Waals surface area contributed by atoms with Crippen LogP contribution in [0.5, 0.6) is 0 Å². The van der Waals surface area contributed by atoms with Crippen molar-refractivity contribution in [3.8, 4) is 0 Å². The van der Waals surface area contributed by atoms with Crippen LogP contribution >= 0.6 is 0 Å². The Bertz CT molecular complexity index is 221. The molecule has 0 aliphatic rings. The molecule has 0 unspecified atom stereocenters. The van der Waals surface area contributed by atoms with E-state index in [-0.39, 0.29) is 6.04 Å². The van der Waals surface area contributed by atoms with Gasteiger partial charge in [-0.3, -0.25) is 0 Å². The SMILES string of the molecule is CCCOCCN[C@@H](C)c1ccco1. The van der Waals surface area contributed by atoms with Crippen LogP contribution < -0.4 is 5.32 Å². The molecule has 1 aromatic heterocycles. The zero-order chi connectivity index (χ0) is 10.2. The average molecular weight is 197 g/mol. The maximum Gasteiger partial charge on any atom is 0.120 e. The van der Waals surface area contributed by atoms with Crippen molar-refractivity contribution in [2.24, 2.45) is 0 Å². The maximum absolute atomic E-state index is 5.36. The highest BCUT2D eigenvalue weighted by molar-refractivity contribution is 5.02. The van der Waals surface area contributed by atoms with Crippen molar-refractivity contribution in [3.63, 3.8) is 0 Å². The van der Waals surface area contributed by atoms with Gasteiger partial charge in [-0.05, 0) is 25.5 Å². The highest BCUT2D eigenvalue weighted by atomic mass is 16.5. The number of hydrogen-bond donors (Lipinski definition) is 1. The molecule has 0 radical (unpaired) electrons. The highest BCUT2D eigenvalue weighted by Crippen LogP contribution is 2.11. The van der Waals surface area contributed by atoms with Gasteiger partial charge in [-0.2, -0.15) is 0 Å². The van der Waals surface area contributed by atoms with Crippen molar-refractivity contribution in [2.45, 2.75) is 26.3 Å². The third-order valence-electron chi connectivity index (χ3n) is 2.02. The predicted molar refractivity (Wildman–Crippen MR) is 56.2 cm³/mol. The summed E-state index contributed by atoms with van der Waals surface area (Å²) in [5.41, 5.74) is 0. The van der Waals surface area contributed by atoms with Crippen LogP contribution in [0.15, 0.2) is 22.8 Å². The van der Waals surface area contributed by atoms with E-state index < -0.39 is 0 Å². The summed E-state index contributed by atoms with van der Waals surface area (Å²) >= 11 is 0. The Morgan fingerprint density at radius 3 is 3.00 bits per heavy atom. The van der Waals surface area contributed by atoms with E-state index in [1.807, 2.05) is 12.1 Å². The molecule has 1 aromatic rings. The lowest BCUT2D eigenvalue weighted by Gasteiger charge is -2.10. The fraction of sp³-hybridized carbons (Fsp3) is 0.636. The van der Waals surface area contributed by atoms with E-state index in [2.05, 4.69) is 19.2 Å². The van der Waals surface area contributed by atoms with Crippen molar-refractivity contribution >= 4 is 0 Å². The van der Waals surface area contributed by atoms with E-state index in [0.717, 1.165) is 31.9 Å². The summed E-state index contributed by atoms with van der Waals surface area (Å²) < 4.78 is 10.6. The Labute approximate surface area is 85.4 Å². The molecular weight excluding hydrogens is 178 g/mol. The number of rotatable bonds is 7. The summed E-state index contributed by atoms with van der Waals surface area (Å²) in [7, 11) is 0. The third kappa shape index (κ3) is 3.94. The highest BCUT2D eigenvalue weighted by Gasteiger charge is 2.05. The van der Waals surface area contributed by atoms with Crippen LogP contribution in [0.25, 0.3) is 0 Å². The third-order valence-corrected chi connectivity index (χ3v) is 2.02. The van der Waals surface area contributed by atoms with Gasteiger partial charge in [0.1, 0.15) is 5.76 Å². The van der Waals surface area contributed by atoms with Crippen LogP contribution in [-0.2, 0) is 4.74 Å². The summed E-state index contributed by atoms with van der Waals surface area (Å²) in [5.74, 6) is 0.973. The van der Waals surface area contributed by atoms with Gasteiger partial charge < -0.3 is 14.5 Å². The first-order chi connectivity index (χ1) is 6.84. The van der Waals surface area contributed by atoms with Gasteiger partial charge >= 0.3 is 0 Å². The Kier molecular flexibility index (Phi) is 5.33. The van der Waals surface area contributed by atoms with E-state index in [0.29, 0.717) is 0 Å². The van der Waals surface area contributed by atoms with Crippen LogP contribution in [0, 0.1) is 0 Å². The van der Waals surface area contributed by atoms with Gasteiger partial charge in [0, 0.05) is 13.2 Å². The molecule has 1 atom stereocenters. The molecule has 0 bridgehead atoms. The van der Waals surface area contributed by atoms with Gasteiger partial charge in [-0.25, -0.2) is 0 Å². The summed E-state index contributed by atoms with van der Waals surface area (Å²) in [6.07, 6.45) is 2.77. The van der Waals surface area contributed by atoms with E-state index in [1.54, 1.807) is 6.26 Å². The van der Waals surface area contributed by atoms with Crippen LogP contribution in [0.4, 0.5) is 0 Å². The second kappa shape index (κ2) is 6.62. The molecule has 14 heavy (non-hydrogen) atoms. The predicted octanol–water partition coefficient (Wildman–Crippen LogP) is 2.36. The molecule has 1 rings (SSSR count). The molecule has 80 valence electrons. The molecule has 3 nitrogen and oxygen atoms in total. The second-order valence-electron chi connectivity index (χ2n) is 3.30. The molecule has 0 amide bonds. The van der Waals surface area contributed by atoms with Crippen molar-refractivity contribution < 1.29 is 9.15 Å². The molecular formula is C11H19NO2. The molecule has 1 N–H and O–H groups in total. The van der Waals surface area contributed by atoms with Crippen molar-refractivity contribution in [2.75, 3.05) is 19.8 Å². The van der Waals surface area contributed by atoms with Gasteiger partial charge in [0.15, 0.2) is 0 Å². The fourth-order valence-corrected chi connectivity index (χ4v) is 1.23. The lowest BCUT2D eigenvalue weighted by Crippen LogP contribution is -2.23. The minimum atomic E-state index is 0.259. The summed E-state index contributed by atoms with van der Waals surface area (Å²) in [6, 6.07) is 4.14. The minimum absolute atomic E-state index is 0.259. The normalized spacial score (nSPS) is 13.0. The van der Waals surface area contributed by atoms with E-state index >= 15 is 0 Å². The first kappa shape index (κ1) is 11.3. The van der Waals surface area contributed by atoms with Gasteiger partial charge in [0.25, 0.3) is 0 Å². The van der Waals surface area contributed by atoms with Crippen LogP contribution in [-0.4, -0.2) is 19.8 Å². The lowest BCUT2D eigenvalue weighted by atomic mass is 10.2. The van der Waals surface area contributed by atoms with E-state index in [9.17, 15) is 0 Å². The molecule has 0 aliphatic heterocycles. The van der Waals surface area contributed by atoms with Gasteiger partial charge in [-0.15, -0.1) is 0 Å². The number of nitrogens with one attached hydrogen (secondary N) is 1. The summed E-state index contributed by atoms with van der Waals surface area (Å²) in [5, 5.41) is 3.33. The standard InChI is InChI=1S/C11H19NO2/c1-3-7-13-9-6-12-10(2)11-5-4-8-14-11/h4-5,8,10,12H,3,6-7,9H2,1-2H3/t10-/m0/s1. The van der Waals surface area contributed by atoms with Crippen molar-refractivity contribution in [3.05, 3.63) is 24.2 Å². The van der Waals surface area contributed by atoms with Gasteiger partial charge in [-0.1, -0.05) is 6.92 Å². The van der Waals surface area contributed by atoms with Crippen LogP contribution in [0.2, 0.25) is 0 Å². The molecule has 0 aliphatic carbocycles. The second-order valence-corrected chi connectivity index (χ2v) is 3.30. The number of furan rings is 1. The monoisotopic (exact) mass is 197 g/mol. The molecule has 3 heteroatoms. The van der Waals surface area contributed by atoms with E-state index in [1.165, 1.54) is 0 Å². The first-order valence-electron chi connectivity index (χ1n) is 5.19. The Morgan fingerprint density at radius 2 is 2.36 bits per heavy atom. The molecule has 0 spiro atoms.